The van der Waals surface area contributed by atoms with Crippen molar-refractivity contribution < 1.29 is 19.1 Å². The Bertz CT molecular complexity index is 956. The zero-order valence-electron chi connectivity index (χ0n) is 14.9. The molecule has 0 amide bonds. The molecule has 0 aliphatic carbocycles. The van der Waals surface area contributed by atoms with Gasteiger partial charge in [0.25, 0.3) is 0 Å². The van der Waals surface area contributed by atoms with E-state index < -0.39 is 11.6 Å². The summed E-state index contributed by atoms with van der Waals surface area (Å²) in [6, 6.07) is 10.9. The molecule has 1 heterocycles. The van der Waals surface area contributed by atoms with E-state index in [0.29, 0.717) is 21.7 Å². The number of carbonyl (C=O) groups is 1. The monoisotopic (exact) mass is 373 g/mol. The summed E-state index contributed by atoms with van der Waals surface area (Å²) >= 11 is 6.10. The smallest absolute Gasteiger partial charge is 0.315 e. The summed E-state index contributed by atoms with van der Waals surface area (Å²) in [6.07, 6.45) is -0.0601. The van der Waals surface area contributed by atoms with Gasteiger partial charge in [-0.05, 0) is 56.2 Å². The molecule has 0 aliphatic heterocycles. The number of nitrogens with zero attached hydrogens (tertiary/aromatic N) is 1. The maximum absolute atomic E-state index is 12.0. The summed E-state index contributed by atoms with van der Waals surface area (Å²) in [4.78, 5) is 16.5. The molecule has 3 aromatic rings. The fourth-order valence-electron chi connectivity index (χ4n) is 2.68. The summed E-state index contributed by atoms with van der Waals surface area (Å²) in [7, 11) is 0. The maximum atomic E-state index is 12.0. The molecule has 0 radical (unpaired) electrons. The Kier molecular flexibility index (Phi) is 5.03. The first-order valence-corrected chi connectivity index (χ1v) is 8.64. The van der Waals surface area contributed by atoms with E-state index >= 15 is 0 Å². The molecule has 0 fully saturated rings. The molecule has 5 nitrogen and oxygen atoms in total. The molecule has 0 atom stereocenters. The van der Waals surface area contributed by atoms with Crippen LogP contribution >= 0.6 is 11.6 Å². The van der Waals surface area contributed by atoms with Crippen LogP contribution in [0.15, 0.2) is 40.8 Å². The van der Waals surface area contributed by atoms with Crippen LogP contribution in [0.1, 0.15) is 32.2 Å². The van der Waals surface area contributed by atoms with E-state index in [0.717, 1.165) is 11.1 Å². The van der Waals surface area contributed by atoms with Gasteiger partial charge in [-0.2, -0.15) is 0 Å². The molecular formula is C20H20ClNO4. The Morgan fingerprint density at radius 1 is 1.27 bits per heavy atom. The molecule has 1 N–H and O–H groups in total. The number of aliphatic hydroxyl groups excluding tert-OH is 1. The van der Waals surface area contributed by atoms with Crippen molar-refractivity contribution >= 4 is 28.7 Å². The second kappa shape index (κ2) is 7.09. The Hall–Kier alpha value is -2.37. The van der Waals surface area contributed by atoms with Crippen molar-refractivity contribution in [2.24, 2.45) is 0 Å². The number of halogens is 1. The molecule has 0 bridgehead atoms. The molecule has 0 saturated heterocycles. The lowest BCUT2D eigenvalue weighted by molar-refractivity contribution is -0.154. The molecule has 2 aromatic carbocycles. The van der Waals surface area contributed by atoms with Crippen LogP contribution in [0.5, 0.6) is 0 Å². The van der Waals surface area contributed by atoms with Gasteiger partial charge in [0, 0.05) is 10.6 Å². The van der Waals surface area contributed by atoms with Crippen LogP contribution in [0.2, 0.25) is 5.02 Å². The van der Waals surface area contributed by atoms with Gasteiger partial charge in [0.2, 0.25) is 5.89 Å². The molecule has 136 valence electrons. The van der Waals surface area contributed by atoms with Gasteiger partial charge in [-0.15, -0.1) is 0 Å². The molecule has 0 saturated carbocycles. The quantitative estimate of drug-likeness (QED) is 0.680. The van der Waals surface area contributed by atoms with Gasteiger partial charge in [0.05, 0.1) is 6.61 Å². The minimum absolute atomic E-state index is 0.0601. The molecule has 0 aliphatic rings. The topological polar surface area (TPSA) is 72.6 Å². The van der Waals surface area contributed by atoms with Crippen molar-refractivity contribution in [1.82, 2.24) is 4.98 Å². The van der Waals surface area contributed by atoms with Crippen LogP contribution in [-0.4, -0.2) is 21.7 Å². The second-order valence-electron chi connectivity index (χ2n) is 7.03. The van der Waals surface area contributed by atoms with Crippen LogP contribution in [-0.2, 0) is 22.6 Å². The average Bonchev–Trinajstić information content (AvgIpc) is 2.93. The largest absolute Gasteiger partial charge is 0.460 e. The van der Waals surface area contributed by atoms with Crippen LogP contribution < -0.4 is 0 Å². The lowest BCUT2D eigenvalue weighted by Crippen LogP contribution is -2.24. The number of aliphatic hydroxyl groups is 1. The fourth-order valence-corrected chi connectivity index (χ4v) is 2.87. The number of esters is 1. The van der Waals surface area contributed by atoms with Crippen molar-refractivity contribution in [3.63, 3.8) is 0 Å². The van der Waals surface area contributed by atoms with E-state index in [1.165, 1.54) is 0 Å². The Labute approximate surface area is 156 Å². The number of rotatable bonds is 4. The van der Waals surface area contributed by atoms with Crippen LogP contribution in [0.4, 0.5) is 0 Å². The van der Waals surface area contributed by atoms with Gasteiger partial charge in [-0.3, -0.25) is 4.79 Å². The first-order chi connectivity index (χ1) is 12.2. The summed E-state index contributed by atoms with van der Waals surface area (Å²) in [6.45, 7) is 5.29. The highest BCUT2D eigenvalue weighted by Crippen LogP contribution is 2.32. The first-order valence-electron chi connectivity index (χ1n) is 8.26. The van der Waals surface area contributed by atoms with Gasteiger partial charge in [0.1, 0.15) is 17.5 Å². The highest BCUT2D eigenvalue weighted by atomic mass is 35.5. The number of oxazole rings is 1. The summed E-state index contributed by atoms with van der Waals surface area (Å²) in [5.41, 5.74) is 2.88. The van der Waals surface area contributed by atoms with E-state index in [9.17, 15) is 9.90 Å². The Morgan fingerprint density at radius 2 is 2.04 bits per heavy atom. The molecular weight excluding hydrogens is 354 g/mol. The van der Waals surface area contributed by atoms with E-state index in [-0.39, 0.29) is 18.9 Å². The predicted octanol–water partition coefficient (Wildman–Crippen LogP) is 4.52. The zero-order valence-corrected chi connectivity index (χ0v) is 15.6. The third kappa shape index (κ3) is 4.23. The third-order valence-electron chi connectivity index (χ3n) is 3.63. The minimum Gasteiger partial charge on any atom is -0.460 e. The van der Waals surface area contributed by atoms with Crippen molar-refractivity contribution in [3.05, 3.63) is 52.9 Å². The Balaban J connectivity index is 2.03. The lowest BCUT2D eigenvalue weighted by Gasteiger charge is -2.18. The van der Waals surface area contributed by atoms with Crippen LogP contribution in [0, 0.1) is 0 Å². The number of fused-ring (bicyclic) bond motifs is 1. The maximum Gasteiger partial charge on any atom is 0.315 e. The Morgan fingerprint density at radius 3 is 2.69 bits per heavy atom. The number of carbonyl (C=O) groups excluding carboxylic acids is 1. The normalized spacial score (nSPS) is 11.7. The summed E-state index contributed by atoms with van der Waals surface area (Å²) < 4.78 is 11.0. The number of benzene rings is 2. The summed E-state index contributed by atoms with van der Waals surface area (Å²) in [5, 5.41) is 10.1. The lowest BCUT2D eigenvalue weighted by atomic mass is 10.0. The zero-order chi connectivity index (χ0) is 18.9. The highest BCUT2D eigenvalue weighted by Gasteiger charge is 2.20. The molecule has 26 heavy (non-hydrogen) atoms. The summed E-state index contributed by atoms with van der Waals surface area (Å²) in [5.74, 6) is -0.136. The van der Waals surface area contributed by atoms with Gasteiger partial charge in [-0.1, -0.05) is 23.7 Å². The van der Waals surface area contributed by atoms with E-state index in [2.05, 4.69) is 4.98 Å². The molecule has 6 heteroatoms. The first kappa shape index (κ1) is 18.4. The molecule has 0 unspecified atom stereocenters. The predicted molar refractivity (Wildman–Crippen MR) is 99.9 cm³/mol. The van der Waals surface area contributed by atoms with E-state index in [1.807, 2.05) is 45.0 Å². The van der Waals surface area contributed by atoms with Crippen molar-refractivity contribution in [2.75, 3.05) is 0 Å². The molecule has 1 aromatic heterocycles. The van der Waals surface area contributed by atoms with Crippen molar-refractivity contribution in [1.29, 1.82) is 0 Å². The van der Waals surface area contributed by atoms with E-state index in [1.54, 1.807) is 12.1 Å². The van der Waals surface area contributed by atoms with Crippen LogP contribution in [0.3, 0.4) is 0 Å². The number of hydrogen-bond acceptors (Lipinski definition) is 5. The van der Waals surface area contributed by atoms with Gasteiger partial charge in [0.15, 0.2) is 5.58 Å². The molecule has 3 rings (SSSR count). The number of aromatic nitrogens is 1. The highest BCUT2D eigenvalue weighted by molar-refractivity contribution is 6.30. The van der Waals surface area contributed by atoms with Crippen molar-refractivity contribution in [3.8, 4) is 11.1 Å². The van der Waals surface area contributed by atoms with Gasteiger partial charge in [-0.25, -0.2) is 4.98 Å². The minimum atomic E-state index is -0.570. The third-order valence-corrected chi connectivity index (χ3v) is 3.87. The molecule has 0 spiro atoms. The number of ether oxygens (including phenoxy) is 1. The van der Waals surface area contributed by atoms with Gasteiger partial charge >= 0.3 is 5.97 Å². The van der Waals surface area contributed by atoms with Crippen molar-refractivity contribution in [2.45, 2.75) is 39.4 Å². The van der Waals surface area contributed by atoms with E-state index in [4.69, 9.17) is 20.8 Å². The van der Waals surface area contributed by atoms with Gasteiger partial charge < -0.3 is 14.3 Å². The number of hydrogen-bond donors (Lipinski definition) is 1. The fraction of sp³-hybridized carbons (Fsp3) is 0.300. The standard InChI is InChI=1S/C20H20ClNO4/c1-20(2,3)26-18(24)10-17-22-19-15(13-5-4-6-14(21)9-13)7-12(11-23)8-16(19)25-17/h4-9,23H,10-11H2,1-3H3. The SMILES string of the molecule is CC(C)(C)OC(=O)Cc1nc2c(-c3cccc(Cl)c3)cc(CO)cc2o1. The average molecular weight is 374 g/mol. The second-order valence-corrected chi connectivity index (χ2v) is 7.47. The van der Waals surface area contributed by atoms with Crippen LogP contribution in [0.25, 0.3) is 22.2 Å².